The monoisotopic (exact) mass is 311 g/mol. The van der Waals surface area contributed by atoms with Gasteiger partial charge in [0, 0.05) is 6.42 Å². The molecule has 0 aromatic heterocycles. The minimum Gasteiger partial charge on any atom is -0.368 e. The molecule has 1 amide bonds. The number of hydrogen-bond donors (Lipinski definition) is 2. The number of fused-ring (bicyclic) bond motifs is 1. The summed E-state index contributed by atoms with van der Waals surface area (Å²) in [5.41, 5.74) is 7.85. The van der Waals surface area contributed by atoms with Crippen molar-refractivity contribution in [3.63, 3.8) is 0 Å². The van der Waals surface area contributed by atoms with E-state index in [0.717, 1.165) is 16.7 Å². The Morgan fingerprint density at radius 2 is 2.00 bits per heavy atom. The Balaban J connectivity index is 1.86. The van der Waals surface area contributed by atoms with E-state index in [1.807, 2.05) is 6.07 Å². The highest BCUT2D eigenvalue weighted by Gasteiger charge is 2.32. The third-order valence-electron chi connectivity index (χ3n) is 4.05. The largest absolute Gasteiger partial charge is 0.368 e. The van der Waals surface area contributed by atoms with E-state index in [9.17, 15) is 14.0 Å². The maximum Gasteiger partial charge on any atom is 0.234 e. The number of halogens is 1. The predicted molar refractivity (Wildman–Crippen MR) is 83.0 cm³/mol. The van der Waals surface area contributed by atoms with Crippen LogP contribution >= 0.6 is 0 Å². The van der Waals surface area contributed by atoms with Crippen LogP contribution in [0.1, 0.15) is 22.7 Å². The van der Waals surface area contributed by atoms with Crippen molar-refractivity contribution in [1.29, 1.82) is 0 Å². The van der Waals surface area contributed by atoms with Gasteiger partial charge in [-0.25, -0.2) is 4.39 Å². The molecule has 0 saturated carbocycles. The van der Waals surface area contributed by atoms with Crippen LogP contribution in [-0.2, 0) is 22.4 Å². The number of nitrogens with two attached hydrogens (primary N) is 1. The number of amides is 1. The Hall–Kier alpha value is -2.53. The van der Waals surface area contributed by atoms with Crippen LogP contribution in [0.25, 0.3) is 0 Å². The van der Waals surface area contributed by atoms with E-state index in [1.54, 1.807) is 24.3 Å². The number of nitrogens with one attached hydrogen (secondary N) is 1. The fraction of sp³-hybridized carbons (Fsp3) is 0.222. The standard InChI is InChI=1S/C18H16FN2O2/c19-13-7-5-11(6-8-13)9-16(22)17-14-4-2-1-3-12(14)10-15(21-17)18(20)23/h2-8,15,17,21H,9-10H2,(H2,20,23). The number of hydrogen-bond acceptors (Lipinski definition) is 3. The minimum absolute atomic E-state index is 0.0880. The lowest BCUT2D eigenvalue weighted by Gasteiger charge is -2.30. The Morgan fingerprint density at radius 3 is 2.70 bits per heavy atom. The summed E-state index contributed by atoms with van der Waals surface area (Å²) in [4.78, 5) is 24.2. The van der Waals surface area contributed by atoms with Crippen LogP contribution in [0.15, 0.2) is 42.5 Å². The highest BCUT2D eigenvalue weighted by molar-refractivity contribution is 5.90. The van der Waals surface area contributed by atoms with E-state index in [0.29, 0.717) is 6.42 Å². The van der Waals surface area contributed by atoms with Gasteiger partial charge in [-0.3, -0.25) is 14.9 Å². The number of carbonyl (C=O) groups is 2. The summed E-state index contributed by atoms with van der Waals surface area (Å²) in [6, 6.07) is 12.9. The van der Waals surface area contributed by atoms with Gasteiger partial charge in [-0.1, -0.05) is 30.3 Å². The molecule has 0 aliphatic carbocycles. The van der Waals surface area contributed by atoms with Crippen LogP contribution in [0.2, 0.25) is 0 Å². The topological polar surface area (TPSA) is 72.2 Å². The molecule has 1 aliphatic rings. The van der Waals surface area contributed by atoms with Crippen molar-refractivity contribution in [1.82, 2.24) is 5.32 Å². The summed E-state index contributed by atoms with van der Waals surface area (Å²) >= 11 is 0. The zero-order valence-corrected chi connectivity index (χ0v) is 12.4. The molecular weight excluding hydrogens is 295 g/mol. The Labute approximate surface area is 133 Å². The first-order valence-corrected chi connectivity index (χ1v) is 7.36. The summed E-state index contributed by atoms with van der Waals surface area (Å²) in [5, 5.41) is 3.03. The molecule has 5 heteroatoms. The van der Waals surface area contributed by atoms with Gasteiger partial charge in [-0.15, -0.1) is 0 Å². The van der Waals surface area contributed by atoms with Gasteiger partial charge in [0.05, 0.1) is 12.1 Å². The Kier molecular flexibility index (Phi) is 4.21. The minimum atomic E-state index is -0.601. The number of Topliss-reactive ketones (excluding diaryl/α,β-unsaturated/α-hetero) is 1. The van der Waals surface area contributed by atoms with Crippen molar-refractivity contribution in [3.05, 3.63) is 71.0 Å². The summed E-state index contributed by atoms with van der Waals surface area (Å²) in [5.74, 6) is -0.916. The normalized spacial score (nSPS) is 19.9. The molecule has 0 saturated heterocycles. The van der Waals surface area contributed by atoms with Crippen molar-refractivity contribution in [3.8, 4) is 0 Å². The molecular formula is C18H16FN2O2. The molecule has 1 heterocycles. The molecule has 3 N–H and O–H groups in total. The van der Waals surface area contributed by atoms with E-state index in [1.165, 1.54) is 12.1 Å². The lowest BCUT2D eigenvalue weighted by Crippen LogP contribution is -2.50. The first kappa shape index (κ1) is 15.4. The van der Waals surface area contributed by atoms with Gasteiger partial charge in [0.15, 0.2) is 5.78 Å². The zero-order chi connectivity index (χ0) is 16.4. The lowest BCUT2D eigenvalue weighted by atomic mass is 9.86. The van der Waals surface area contributed by atoms with Crippen molar-refractivity contribution in [2.24, 2.45) is 5.73 Å². The summed E-state index contributed by atoms with van der Waals surface area (Å²) in [6.45, 7) is 0. The van der Waals surface area contributed by atoms with Crippen LogP contribution in [0, 0.1) is 11.9 Å². The van der Waals surface area contributed by atoms with Crippen LogP contribution in [0.4, 0.5) is 4.39 Å². The number of primary amides is 1. The van der Waals surface area contributed by atoms with E-state index in [-0.39, 0.29) is 18.0 Å². The molecule has 3 rings (SSSR count). The molecule has 2 aromatic carbocycles. The van der Waals surface area contributed by atoms with Gasteiger partial charge < -0.3 is 5.73 Å². The van der Waals surface area contributed by atoms with Gasteiger partial charge in [0.25, 0.3) is 0 Å². The maximum absolute atomic E-state index is 13.0. The Morgan fingerprint density at radius 1 is 1.26 bits per heavy atom. The quantitative estimate of drug-likeness (QED) is 0.898. The Bertz CT molecular complexity index is 743. The molecule has 1 radical (unpaired) electrons. The van der Waals surface area contributed by atoms with E-state index < -0.39 is 18.0 Å². The molecule has 2 aromatic rings. The van der Waals surface area contributed by atoms with Crippen LogP contribution in [0.5, 0.6) is 0 Å². The van der Waals surface area contributed by atoms with Gasteiger partial charge in [0.2, 0.25) is 5.91 Å². The van der Waals surface area contributed by atoms with E-state index in [4.69, 9.17) is 5.73 Å². The number of carbonyl (C=O) groups excluding carboxylic acids is 2. The zero-order valence-electron chi connectivity index (χ0n) is 12.4. The van der Waals surface area contributed by atoms with Gasteiger partial charge in [-0.05, 0) is 41.3 Å². The summed E-state index contributed by atoms with van der Waals surface area (Å²) in [6.07, 6.45) is 0.601. The molecule has 23 heavy (non-hydrogen) atoms. The molecule has 117 valence electrons. The average molecular weight is 311 g/mol. The number of rotatable bonds is 4. The van der Waals surface area contributed by atoms with Crippen LogP contribution in [0.3, 0.4) is 0 Å². The SMILES string of the molecule is NC(=O)C1Cc2c[c]ccc2C(C(=O)Cc2ccc(F)cc2)N1. The lowest BCUT2D eigenvalue weighted by molar-refractivity contribution is -0.123. The second kappa shape index (κ2) is 6.30. The molecule has 1 aliphatic heterocycles. The summed E-state index contributed by atoms with van der Waals surface area (Å²) < 4.78 is 13.0. The molecule has 0 spiro atoms. The van der Waals surface area contributed by atoms with Crippen molar-refractivity contribution in [2.75, 3.05) is 0 Å². The van der Waals surface area contributed by atoms with Crippen molar-refractivity contribution >= 4 is 11.7 Å². The van der Waals surface area contributed by atoms with E-state index in [2.05, 4.69) is 11.4 Å². The van der Waals surface area contributed by atoms with Gasteiger partial charge >= 0.3 is 0 Å². The first-order valence-electron chi connectivity index (χ1n) is 7.36. The smallest absolute Gasteiger partial charge is 0.234 e. The maximum atomic E-state index is 13.0. The highest BCUT2D eigenvalue weighted by Crippen LogP contribution is 2.26. The molecule has 0 fully saturated rings. The average Bonchev–Trinajstić information content (AvgIpc) is 2.55. The highest BCUT2D eigenvalue weighted by atomic mass is 19.1. The third-order valence-corrected chi connectivity index (χ3v) is 4.05. The summed E-state index contributed by atoms with van der Waals surface area (Å²) in [7, 11) is 0. The fourth-order valence-electron chi connectivity index (χ4n) is 2.86. The van der Waals surface area contributed by atoms with E-state index >= 15 is 0 Å². The predicted octanol–water partition coefficient (Wildman–Crippen LogP) is 1.48. The molecule has 2 unspecified atom stereocenters. The first-order chi connectivity index (χ1) is 11.0. The third kappa shape index (κ3) is 3.29. The van der Waals surface area contributed by atoms with Crippen LogP contribution in [-0.4, -0.2) is 17.7 Å². The van der Waals surface area contributed by atoms with Gasteiger partial charge in [-0.2, -0.15) is 0 Å². The second-order valence-electron chi connectivity index (χ2n) is 5.65. The number of benzene rings is 2. The van der Waals surface area contributed by atoms with Gasteiger partial charge in [0.1, 0.15) is 5.82 Å². The second-order valence-corrected chi connectivity index (χ2v) is 5.65. The molecule has 2 atom stereocenters. The van der Waals surface area contributed by atoms with Crippen molar-refractivity contribution < 1.29 is 14.0 Å². The van der Waals surface area contributed by atoms with Crippen LogP contribution < -0.4 is 11.1 Å². The number of ketones is 1. The molecule has 4 nitrogen and oxygen atoms in total. The molecule has 0 bridgehead atoms. The fourth-order valence-corrected chi connectivity index (χ4v) is 2.86. The van der Waals surface area contributed by atoms with Crippen molar-refractivity contribution in [2.45, 2.75) is 24.9 Å².